The molecule has 22 heavy (non-hydrogen) atoms. The second kappa shape index (κ2) is 6.27. The Hall–Kier alpha value is -2.21. The van der Waals surface area contributed by atoms with E-state index in [-0.39, 0.29) is 0 Å². The van der Waals surface area contributed by atoms with Crippen LogP contribution in [0, 0.1) is 0 Å². The van der Waals surface area contributed by atoms with Crippen molar-refractivity contribution in [1.82, 2.24) is 20.0 Å². The average Bonchev–Trinajstić information content (AvgIpc) is 3.17. The molecule has 0 N–H and O–H groups in total. The van der Waals surface area contributed by atoms with Crippen LogP contribution in [0.1, 0.15) is 25.5 Å². The lowest BCUT2D eigenvalue weighted by molar-refractivity contribution is 0.532. The van der Waals surface area contributed by atoms with E-state index in [1.165, 1.54) is 5.56 Å². The summed E-state index contributed by atoms with van der Waals surface area (Å²) in [5, 5.41) is 14.8. The Balaban J connectivity index is 1.72. The van der Waals surface area contributed by atoms with Crippen LogP contribution >= 0.6 is 11.3 Å². The summed E-state index contributed by atoms with van der Waals surface area (Å²) in [6, 6.07) is 10.5. The van der Waals surface area contributed by atoms with Gasteiger partial charge in [0.25, 0.3) is 0 Å². The lowest BCUT2D eigenvalue weighted by atomic mass is 10.2. The summed E-state index contributed by atoms with van der Waals surface area (Å²) >= 11 is 1.60. The van der Waals surface area contributed by atoms with Crippen molar-refractivity contribution in [3.8, 4) is 10.6 Å². The van der Waals surface area contributed by atoms with Crippen LogP contribution in [-0.2, 0) is 6.54 Å². The molecule has 2 aromatic heterocycles. The molecule has 0 saturated carbocycles. The Morgan fingerprint density at radius 3 is 2.64 bits per heavy atom. The fraction of sp³-hybridized carbons (Fsp3) is 0.312. The van der Waals surface area contributed by atoms with Crippen molar-refractivity contribution < 1.29 is 0 Å². The second-order valence-corrected chi connectivity index (χ2v) is 6.49. The van der Waals surface area contributed by atoms with Crippen LogP contribution in [0.25, 0.3) is 10.6 Å². The molecule has 114 valence electrons. The molecular weight excluding hydrogens is 294 g/mol. The number of hydrogen-bond acceptors (Lipinski definition) is 5. The number of nitrogens with zero attached hydrogens (tertiary/aromatic N) is 5. The largest absolute Gasteiger partial charge is 0.345 e. The highest BCUT2D eigenvalue weighted by molar-refractivity contribution is 7.18. The minimum Gasteiger partial charge on any atom is -0.345 e. The van der Waals surface area contributed by atoms with Crippen LogP contribution < -0.4 is 4.90 Å². The lowest BCUT2D eigenvalue weighted by Gasteiger charge is -2.13. The zero-order chi connectivity index (χ0) is 15.5. The van der Waals surface area contributed by atoms with E-state index in [0.29, 0.717) is 6.04 Å². The normalized spacial score (nSPS) is 11.1. The van der Waals surface area contributed by atoms with Crippen molar-refractivity contribution in [3.63, 3.8) is 0 Å². The number of anilines is 1. The summed E-state index contributed by atoms with van der Waals surface area (Å²) in [5.74, 6) is 0. The quantitative estimate of drug-likeness (QED) is 0.722. The van der Waals surface area contributed by atoms with Gasteiger partial charge in [0.1, 0.15) is 5.01 Å². The maximum absolute atomic E-state index is 4.37. The molecule has 0 saturated heterocycles. The highest BCUT2D eigenvalue weighted by atomic mass is 32.1. The number of benzene rings is 1. The van der Waals surface area contributed by atoms with E-state index in [9.17, 15) is 0 Å². The van der Waals surface area contributed by atoms with Gasteiger partial charge in [-0.25, -0.2) is 0 Å². The predicted molar refractivity (Wildman–Crippen MR) is 90.1 cm³/mol. The average molecular weight is 313 g/mol. The number of aromatic nitrogens is 4. The molecule has 3 rings (SSSR count). The molecule has 0 aliphatic heterocycles. The van der Waals surface area contributed by atoms with Crippen molar-refractivity contribution in [2.45, 2.75) is 26.4 Å². The van der Waals surface area contributed by atoms with E-state index >= 15 is 0 Å². The molecule has 0 bridgehead atoms. The third-order valence-electron chi connectivity index (χ3n) is 3.37. The van der Waals surface area contributed by atoms with Gasteiger partial charge in [-0.15, -0.1) is 10.2 Å². The maximum Gasteiger partial charge on any atom is 0.208 e. The van der Waals surface area contributed by atoms with E-state index in [4.69, 9.17) is 0 Å². The maximum atomic E-state index is 4.37. The Bertz CT molecular complexity index is 732. The van der Waals surface area contributed by atoms with E-state index in [0.717, 1.165) is 22.2 Å². The van der Waals surface area contributed by atoms with Gasteiger partial charge in [0.2, 0.25) is 5.13 Å². The van der Waals surface area contributed by atoms with Gasteiger partial charge >= 0.3 is 0 Å². The van der Waals surface area contributed by atoms with E-state index in [2.05, 4.69) is 52.4 Å². The first kappa shape index (κ1) is 14.7. The van der Waals surface area contributed by atoms with Gasteiger partial charge in [0.15, 0.2) is 0 Å². The number of hydrogen-bond donors (Lipinski definition) is 0. The first-order chi connectivity index (χ1) is 10.6. The van der Waals surface area contributed by atoms with Gasteiger partial charge < -0.3 is 4.90 Å². The van der Waals surface area contributed by atoms with Crippen LogP contribution in [0.3, 0.4) is 0 Å². The van der Waals surface area contributed by atoms with Gasteiger partial charge in [0, 0.05) is 37.0 Å². The summed E-state index contributed by atoms with van der Waals surface area (Å²) in [6.07, 6.45) is 4.00. The molecule has 0 radical (unpaired) electrons. The third kappa shape index (κ3) is 3.17. The zero-order valence-corrected chi connectivity index (χ0v) is 13.8. The van der Waals surface area contributed by atoms with Crippen LogP contribution in [0.15, 0.2) is 42.7 Å². The van der Waals surface area contributed by atoms with E-state index in [1.807, 2.05) is 36.1 Å². The van der Waals surface area contributed by atoms with Crippen molar-refractivity contribution >= 4 is 16.5 Å². The molecule has 0 aliphatic carbocycles. The fourth-order valence-corrected chi connectivity index (χ4v) is 2.96. The van der Waals surface area contributed by atoms with Crippen molar-refractivity contribution in [1.29, 1.82) is 0 Å². The molecule has 0 atom stereocenters. The molecule has 0 fully saturated rings. The Morgan fingerprint density at radius 2 is 1.95 bits per heavy atom. The van der Waals surface area contributed by atoms with E-state index in [1.54, 1.807) is 11.3 Å². The van der Waals surface area contributed by atoms with Crippen LogP contribution in [0.5, 0.6) is 0 Å². The molecule has 0 unspecified atom stereocenters. The van der Waals surface area contributed by atoms with Crippen molar-refractivity contribution in [2.75, 3.05) is 11.9 Å². The summed E-state index contributed by atoms with van der Waals surface area (Å²) in [4.78, 5) is 2.10. The SMILES string of the molecule is CC(C)n1cc(CN(C)c2nnc(-c3ccccc3)s2)cn1. The van der Waals surface area contributed by atoms with Gasteiger partial charge in [-0.2, -0.15) is 5.10 Å². The molecule has 0 spiro atoms. The molecule has 0 aliphatic rings. The van der Waals surface area contributed by atoms with E-state index < -0.39 is 0 Å². The zero-order valence-electron chi connectivity index (χ0n) is 13.0. The molecule has 1 aromatic carbocycles. The minimum absolute atomic E-state index is 0.380. The molecule has 0 amide bonds. The van der Waals surface area contributed by atoms with Crippen molar-refractivity contribution in [3.05, 3.63) is 48.3 Å². The topological polar surface area (TPSA) is 46.8 Å². The number of rotatable bonds is 5. The summed E-state index contributed by atoms with van der Waals surface area (Å²) in [5.41, 5.74) is 2.28. The highest BCUT2D eigenvalue weighted by Gasteiger charge is 2.12. The molecular formula is C16H19N5S. The molecule has 3 aromatic rings. The Labute approximate surface area is 134 Å². The van der Waals surface area contributed by atoms with Crippen LogP contribution in [0.2, 0.25) is 0 Å². The van der Waals surface area contributed by atoms with Gasteiger partial charge in [-0.3, -0.25) is 4.68 Å². The Kier molecular flexibility index (Phi) is 4.20. The predicted octanol–water partition coefficient (Wildman–Crippen LogP) is 3.62. The lowest BCUT2D eigenvalue weighted by Crippen LogP contribution is -2.15. The van der Waals surface area contributed by atoms with Crippen molar-refractivity contribution in [2.24, 2.45) is 0 Å². The van der Waals surface area contributed by atoms with Crippen LogP contribution in [-0.4, -0.2) is 27.0 Å². The summed E-state index contributed by atoms with van der Waals surface area (Å²) < 4.78 is 1.97. The van der Waals surface area contributed by atoms with Crippen LogP contribution in [0.4, 0.5) is 5.13 Å². The Morgan fingerprint density at radius 1 is 1.18 bits per heavy atom. The summed E-state index contributed by atoms with van der Waals surface area (Å²) in [6.45, 7) is 5.02. The monoisotopic (exact) mass is 313 g/mol. The smallest absolute Gasteiger partial charge is 0.208 e. The fourth-order valence-electron chi connectivity index (χ4n) is 2.15. The van der Waals surface area contributed by atoms with Gasteiger partial charge in [0.05, 0.1) is 6.20 Å². The third-order valence-corrected chi connectivity index (χ3v) is 4.45. The standard InChI is InChI=1S/C16H19N5S/c1-12(2)21-11-13(9-17-21)10-20(3)16-19-18-15(22-16)14-7-5-4-6-8-14/h4-9,11-12H,10H2,1-3H3. The van der Waals surface area contributed by atoms with Gasteiger partial charge in [-0.05, 0) is 13.8 Å². The highest BCUT2D eigenvalue weighted by Crippen LogP contribution is 2.28. The van der Waals surface area contributed by atoms with Gasteiger partial charge in [-0.1, -0.05) is 41.7 Å². The minimum atomic E-state index is 0.380. The summed E-state index contributed by atoms with van der Waals surface area (Å²) in [7, 11) is 2.03. The second-order valence-electron chi connectivity index (χ2n) is 5.53. The molecule has 2 heterocycles. The first-order valence-electron chi connectivity index (χ1n) is 7.26. The molecule has 5 nitrogen and oxygen atoms in total. The molecule has 6 heteroatoms. The first-order valence-corrected chi connectivity index (χ1v) is 8.08.